The van der Waals surface area contributed by atoms with Crippen LogP contribution in [0, 0.1) is 5.92 Å². The number of rotatable bonds is 5. The van der Waals surface area contributed by atoms with E-state index in [1.54, 1.807) is 7.11 Å². The number of nitrogens with zero attached hydrogens (tertiary/aromatic N) is 2. The van der Waals surface area contributed by atoms with Gasteiger partial charge in [-0.15, -0.1) is 0 Å². The van der Waals surface area contributed by atoms with E-state index in [1.807, 2.05) is 17.0 Å². The van der Waals surface area contributed by atoms with Gasteiger partial charge in [-0.3, -0.25) is 4.79 Å². The Bertz CT molecular complexity index is 724. The van der Waals surface area contributed by atoms with E-state index in [9.17, 15) is 4.79 Å². The van der Waals surface area contributed by atoms with Crippen LogP contribution in [-0.4, -0.2) is 42.3 Å². The summed E-state index contributed by atoms with van der Waals surface area (Å²) in [7, 11) is 1.76. The van der Waals surface area contributed by atoms with Crippen molar-refractivity contribution in [2.75, 3.05) is 20.2 Å². The van der Waals surface area contributed by atoms with Gasteiger partial charge in [0.05, 0.1) is 6.10 Å². The summed E-state index contributed by atoms with van der Waals surface area (Å²) in [5.74, 6) is 1.60. The zero-order chi connectivity index (χ0) is 17.2. The number of amides is 1. The molecule has 0 radical (unpaired) electrons. The van der Waals surface area contributed by atoms with Gasteiger partial charge in [0.25, 0.3) is 5.91 Å². The van der Waals surface area contributed by atoms with Crippen molar-refractivity contribution in [3.05, 3.63) is 53.4 Å². The lowest BCUT2D eigenvalue weighted by Crippen LogP contribution is -2.47. The number of carbonyl (C=O) groups is 1. The molecule has 25 heavy (non-hydrogen) atoms. The van der Waals surface area contributed by atoms with Gasteiger partial charge in [-0.1, -0.05) is 35.5 Å². The summed E-state index contributed by atoms with van der Waals surface area (Å²) < 4.78 is 11.0. The maximum absolute atomic E-state index is 12.8. The van der Waals surface area contributed by atoms with Gasteiger partial charge < -0.3 is 14.2 Å². The third kappa shape index (κ3) is 3.61. The van der Waals surface area contributed by atoms with Gasteiger partial charge in [-0.2, -0.15) is 0 Å². The average Bonchev–Trinajstić information content (AvgIpc) is 3.39. The number of hydrogen-bond acceptors (Lipinski definition) is 4. The lowest BCUT2D eigenvalue weighted by Gasteiger charge is -2.37. The second-order valence-electron chi connectivity index (χ2n) is 7.15. The SMILES string of the molecule is CO[C@H]1CCN(C(=O)c2cc(C3CC3)on2)C[C@H]1Cc1ccccc1. The summed E-state index contributed by atoms with van der Waals surface area (Å²) in [4.78, 5) is 14.7. The normalized spacial score (nSPS) is 23.6. The standard InChI is InChI=1S/C20H24N2O3/c1-24-18-9-10-22(13-16(18)11-14-5-3-2-4-6-14)20(23)17-12-19(25-21-17)15-7-8-15/h2-6,12,15-16,18H,7-11,13H2,1H3/t16-,18+/m1/s1. The second kappa shape index (κ2) is 7.00. The fraction of sp³-hybridized carbons (Fsp3) is 0.500. The molecular weight excluding hydrogens is 316 g/mol. The van der Waals surface area contributed by atoms with Crippen LogP contribution in [0.1, 0.15) is 47.0 Å². The van der Waals surface area contributed by atoms with Gasteiger partial charge in [0.2, 0.25) is 0 Å². The van der Waals surface area contributed by atoms with Crippen molar-refractivity contribution >= 4 is 5.91 Å². The van der Waals surface area contributed by atoms with Gasteiger partial charge in [-0.05, 0) is 31.2 Å². The summed E-state index contributed by atoms with van der Waals surface area (Å²) >= 11 is 0. The Morgan fingerprint density at radius 2 is 2.08 bits per heavy atom. The van der Waals surface area contributed by atoms with Crippen LogP contribution in [0.3, 0.4) is 0 Å². The third-order valence-electron chi connectivity index (χ3n) is 5.32. The zero-order valence-electron chi connectivity index (χ0n) is 14.6. The number of aromatic nitrogens is 1. The van der Waals surface area contributed by atoms with Crippen LogP contribution in [0.2, 0.25) is 0 Å². The van der Waals surface area contributed by atoms with Crippen LogP contribution in [0.25, 0.3) is 0 Å². The average molecular weight is 340 g/mol. The molecule has 1 saturated heterocycles. The highest BCUT2D eigenvalue weighted by atomic mass is 16.5. The Morgan fingerprint density at radius 1 is 1.28 bits per heavy atom. The monoisotopic (exact) mass is 340 g/mol. The minimum Gasteiger partial charge on any atom is -0.381 e. The van der Waals surface area contributed by atoms with E-state index < -0.39 is 0 Å². The molecule has 0 N–H and O–H groups in total. The maximum atomic E-state index is 12.8. The molecule has 2 atom stereocenters. The quantitative estimate of drug-likeness (QED) is 0.838. The molecule has 0 bridgehead atoms. The first-order valence-electron chi connectivity index (χ1n) is 9.07. The van der Waals surface area contributed by atoms with E-state index in [1.165, 1.54) is 5.56 Å². The fourth-order valence-corrected chi connectivity index (χ4v) is 3.73. The van der Waals surface area contributed by atoms with E-state index >= 15 is 0 Å². The third-order valence-corrected chi connectivity index (χ3v) is 5.32. The minimum atomic E-state index is -0.0248. The van der Waals surface area contributed by atoms with E-state index in [0.29, 0.717) is 30.6 Å². The number of ether oxygens (including phenoxy) is 1. The predicted octanol–water partition coefficient (Wildman–Crippen LogP) is 3.27. The highest BCUT2D eigenvalue weighted by molar-refractivity contribution is 5.92. The number of methoxy groups -OCH3 is 1. The van der Waals surface area contributed by atoms with Crippen molar-refractivity contribution < 1.29 is 14.1 Å². The molecule has 2 aromatic rings. The first-order valence-corrected chi connectivity index (χ1v) is 9.07. The smallest absolute Gasteiger partial charge is 0.276 e. The van der Waals surface area contributed by atoms with Crippen molar-refractivity contribution in [1.82, 2.24) is 10.1 Å². The van der Waals surface area contributed by atoms with Crippen LogP contribution >= 0.6 is 0 Å². The Hall–Kier alpha value is -2.14. The van der Waals surface area contributed by atoms with Crippen LogP contribution in [-0.2, 0) is 11.2 Å². The molecule has 1 amide bonds. The first kappa shape index (κ1) is 16.3. The van der Waals surface area contributed by atoms with Gasteiger partial charge in [0.1, 0.15) is 5.76 Å². The molecule has 1 aromatic carbocycles. The molecule has 2 heterocycles. The predicted molar refractivity (Wildman–Crippen MR) is 93.4 cm³/mol. The van der Waals surface area contributed by atoms with E-state index in [0.717, 1.165) is 31.4 Å². The first-order chi connectivity index (χ1) is 12.2. The Labute approximate surface area is 147 Å². The maximum Gasteiger partial charge on any atom is 0.276 e. The van der Waals surface area contributed by atoms with Crippen molar-refractivity contribution in [3.63, 3.8) is 0 Å². The van der Waals surface area contributed by atoms with E-state index in [4.69, 9.17) is 9.26 Å². The Balaban J connectivity index is 1.45. The molecule has 1 aliphatic heterocycles. The summed E-state index contributed by atoms with van der Waals surface area (Å²) in [5.41, 5.74) is 1.72. The van der Waals surface area contributed by atoms with Crippen molar-refractivity contribution in [1.29, 1.82) is 0 Å². The zero-order valence-corrected chi connectivity index (χ0v) is 14.6. The second-order valence-corrected chi connectivity index (χ2v) is 7.15. The fourth-order valence-electron chi connectivity index (χ4n) is 3.73. The summed E-state index contributed by atoms with van der Waals surface area (Å²) in [6.45, 7) is 1.39. The minimum absolute atomic E-state index is 0.0248. The van der Waals surface area contributed by atoms with Gasteiger partial charge >= 0.3 is 0 Å². The number of likely N-dealkylation sites (tertiary alicyclic amines) is 1. The van der Waals surface area contributed by atoms with Gasteiger partial charge in [0, 0.05) is 38.1 Å². The van der Waals surface area contributed by atoms with Gasteiger partial charge in [0.15, 0.2) is 5.69 Å². The van der Waals surface area contributed by atoms with Crippen LogP contribution in [0.15, 0.2) is 40.9 Å². The summed E-state index contributed by atoms with van der Waals surface area (Å²) in [6, 6.07) is 12.2. The Kier molecular flexibility index (Phi) is 4.57. The van der Waals surface area contributed by atoms with Crippen LogP contribution < -0.4 is 0 Å². The van der Waals surface area contributed by atoms with Crippen LogP contribution in [0.5, 0.6) is 0 Å². The highest BCUT2D eigenvalue weighted by Crippen LogP contribution is 2.40. The van der Waals surface area contributed by atoms with E-state index in [2.05, 4.69) is 29.4 Å². The highest BCUT2D eigenvalue weighted by Gasteiger charge is 2.34. The van der Waals surface area contributed by atoms with Crippen molar-refractivity contribution in [3.8, 4) is 0 Å². The molecule has 2 aliphatic rings. The Morgan fingerprint density at radius 3 is 2.80 bits per heavy atom. The molecule has 5 heteroatoms. The van der Waals surface area contributed by atoms with Crippen LogP contribution in [0.4, 0.5) is 0 Å². The molecule has 2 fully saturated rings. The number of hydrogen-bond donors (Lipinski definition) is 0. The molecule has 4 rings (SSSR count). The molecular formula is C20H24N2O3. The molecule has 132 valence electrons. The lowest BCUT2D eigenvalue weighted by atomic mass is 9.88. The summed E-state index contributed by atoms with van der Waals surface area (Å²) in [5, 5.41) is 4.00. The van der Waals surface area contributed by atoms with Gasteiger partial charge in [-0.25, -0.2) is 0 Å². The molecule has 5 nitrogen and oxygen atoms in total. The topological polar surface area (TPSA) is 55.6 Å². The number of carbonyl (C=O) groups excluding carboxylic acids is 1. The molecule has 0 unspecified atom stereocenters. The summed E-state index contributed by atoms with van der Waals surface area (Å²) in [6.07, 6.45) is 4.23. The molecule has 1 aromatic heterocycles. The van der Waals surface area contributed by atoms with Crippen molar-refractivity contribution in [2.24, 2.45) is 5.92 Å². The number of piperidine rings is 1. The molecule has 0 spiro atoms. The lowest BCUT2D eigenvalue weighted by molar-refractivity contribution is -0.00327. The largest absolute Gasteiger partial charge is 0.381 e. The van der Waals surface area contributed by atoms with E-state index in [-0.39, 0.29) is 12.0 Å². The van der Waals surface area contributed by atoms with Crippen molar-refractivity contribution in [2.45, 2.75) is 37.7 Å². The molecule has 1 aliphatic carbocycles. The molecule has 1 saturated carbocycles. The number of benzene rings is 1.